The van der Waals surface area contributed by atoms with Crippen LogP contribution in [0.3, 0.4) is 0 Å². The lowest BCUT2D eigenvalue weighted by atomic mass is 9.94. The maximum atomic E-state index is 5.27. The molecule has 0 aliphatic heterocycles. The molecule has 0 bridgehead atoms. The van der Waals surface area contributed by atoms with Crippen molar-refractivity contribution in [2.75, 3.05) is 14.2 Å². The summed E-state index contributed by atoms with van der Waals surface area (Å²) in [7, 11) is 3.19. The molecule has 1 fully saturated rings. The zero-order chi connectivity index (χ0) is 8.16. The van der Waals surface area contributed by atoms with E-state index < -0.39 is 5.79 Å². The van der Waals surface area contributed by atoms with Gasteiger partial charge in [-0.2, -0.15) is 0 Å². The first kappa shape index (κ1) is 8.97. The first-order valence-corrected chi connectivity index (χ1v) is 4.10. The molecule has 1 aliphatic rings. The van der Waals surface area contributed by atoms with Crippen LogP contribution in [0.25, 0.3) is 0 Å². The van der Waals surface area contributed by atoms with Gasteiger partial charge in [0.05, 0.1) is 7.11 Å². The molecule has 0 spiro atoms. The Morgan fingerprint density at radius 2 is 1.64 bits per heavy atom. The molecule has 0 N–H and O–H groups in total. The third-order valence-corrected chi connectivity index (χ3v) is 2.22. The van der Waals surface area contributed by atoms with Gasteiger partial charge in [-0.3, -0.25) is 0 Å². The second-order valence-electron chi connectivity index (χ2n) is 2.93. The first-order valence-electron chi connectivity index (χ1n) is 4.10. The minimum atomic E-state index is -0.451. The molecule has 3 nitrogen and oxygen atoms in total. The van der Waals surface area contributed by atoms with Crippen molar-refractivity contribution in [3.8, 4) is 0 Å². The predicted octanol–water partition coefficient (Wildman–Crippen LogP) is 1.87. The van der Waals surface area contributed by atoms with Crippen molar-refractivity contribution in [2.45, 2.75) is 37.9 Å². The average Bonchev–Trinajstić information content (AvgIpc) is 2.07. The molecule has 0 unspecified atom stereocenters. The van der Waals surface area contributed by atoms with Crippen molar-refractivity contribution >= 4 is 0 Å². The molecule has 3 heteroatoms. The third kappa shape index (κ3) is 2.15. The molecule has 1 aliphatic carbocycles. The van der Waals surface area contributed by atoms with Crippen LogP contribution in [0.15, 0.2) is 0 Å². The summed E-state index contributed by atoms with van der Waals surface area (Å²) in [4.78, 5) is 9.75. The Hall–Kier alpha value is -0.120. The van der Waals surface area contributed by atoms with Gasteiger partial charge >= 0.3 is 0 Å². The fourth-order valence-electron chi connectivity index (χ4n) is 1.56. The van der Waals surface area contributed by atoms with Crippen LogP contribution in [0.2, 0.25) is 0 Å². The molecular formula is C8H16O3. The minimum absolute atomic E-state index is 0.451. The van der Waals surface area contributed by atoms with Gasteiger partial charge in [-0.15, -0.1) is 0 Å². The molecule has 0 amide bonds. The molecule has 11 heavy (non-hydrogen) atoms. The zero-order valence-electron chi connectivity index (χ0n) is 7.26. The lowest BCUT2D eigenvalue weighted by molar-refractivity contribution is -0.419. The highest BCUT2D eigenvalue weighted by Crippen LogP contribution is 2.31. The largest absolute Gasteiger partial charge is 0.351 e. The van der Waals surface area contributed by atoms with E-state index in [1.54, 1.807) is 7.11 Å². The van der Waals surface area contributed by atoms with Gasteiger partial charge in [-0.25, -0.2) is 9.78 Å². The van der Waals surface area contributed by atoms with E-state index in [9.17, 15) is 0 Å². The van der Waals surface area contributed by atoms with E-state index in [1.807, 2.05) is 0 Å². The molecule has 0 heterocycles. The fraction of sp³-hybridized carbons (Fsp3) is 1.00. The molecule has 1 saturated carbocycles. The van der Waals surface area contributed by atoms with Gasteiger partial charge in [0.15, 0.2) is 0 Å². The number of ether oxygens (including phenoxy) is 1. The molecule has 0 aromatic carbocycles. The molecule has 1 rings (SSSR count). The van der Waals surface area contributed by atoms with Crippen molar-refractivity contribution in [2.24, 2.45) is 0 Å². The van der Waals surface area contributed by atoms with Gasteiger partial charge in [0.2, 0.25) is 5.79 Å². The number of methoxy groups -OCH3 is 1. The Labute approximate surface area is 67.6 Å². The lowest BCUT2D eigenvalue weighted by Crippen LogP contribution is -2.36. The van der Waals surface area contributed by atoms with E-state index in [0.29, 0.717) is 0 Å². The topological polar surface area (TPSA) is 27.7 Å². The minimum Gasteiger partial charge on any atom is -0.351 e. The van der Waals surface area contributed by atoms with Crippen LogP contribution in [0.4, 0.5) is 0 Å². The summed E-state index contributed by atoms with van der Waals surface area (Å²) < 4.78 is 5.27. The summed E-state index contributed by atoms with van der Waals surface area (Å²) in [6, 6.07) is 0. The van der Waals surface area contributed by atoms with Crippen LogP contribution >= 0.6 is 0 Å². The Morgan fingerprint density at radius 3 is 2.09 bits per heavy atom. The molecule has 0 aromatic heterocycles. The van der Waals surface area contributed by atoms with Gasteiger partial charge in [0.25, 0.3) is 0 Å². The molecule has 0 aromatic rings. The molecule has 0 saturated heterocycles. The van der Waals surface area contributed by atoms with Crippen molar-refractivity contribution in [1.29, 1.82) is 0 Å². The van der Waals surface area contributed by atoms with E-state index in [2.05, 4.69) is 4.89 Å². The highest BCUT2D eigenvalue weighted by atomic mass is 17.2. The van der Waals surface area contributed by atoms with Crippen LogP contribution in [-0.2, 0) is 14.5 Å². The molecule has 66 valence electrons. The quantitative estimate of drug-likeness (QED) is 0.358. The van der Waals surface area contributed by atoms with Gasteiger partial charge in [-0.05, 0) is 12.8 Å². The monoisotopic (exact) mass is 160 g/mol. The predicted molar refractivity (Wildman–Crippen MR) is 40.9 cm³/mol. The van der Waals surface area contributed by atoms with Crippen molar-refractivity contribution in [3.05, 3.63) is 0 Å². The molecule has 0 radical (unpaired) electrons. The van der Waals surface area contributed by atoms with Gasteiger partial charge in [-0.1, -0.05) is 6.42 Å². The van der Waals surface area contributed by atoms with E-state index >= 15 is 0 Å². The highest BCUT2D eigenvalue weighted by molar-refractivity contribution is 4.73. The van der Waals surface area contributed by atoms with Crippen LogP contribution in [0.5, 0.6) is 0 Å². The standard InChI is InChI=1S/C8H16O3/c1-9-8(11-10-2)6-4-3-5-7-8/h3-7H2,1-2H3. The van der Waals surface area contributed by atoms with Crippen LogP contribution in [-0.4, -0.2) is 20.0 Å². The number of hydrogen-bond acceptors (Lipinski definition) is 3. The van der Waals surface area contributed by atoms with Gasteiger partial charge < -0.3 is 4.74 Å². The normalized spacial score (nSPS) is 23.5. The summed E-state index contributed by atoms with van der Waals surface area (Å²) in [6.07, 6.45) is 5.49. The SMILES string of the molecule is COOC1(OC)CCCCC1. The molecule has 0 atom stereocenters. The fourth-order valence-corrected chi connectivity index (χ4v) is 1.56. The zero-order valence-corrected chi connectivity index (χ0v) is 7.26. The Kier molecular flexibility index (Phi) is 3.30. The molecular weight excluding hydrogens is 144 g/mol. The van der Waals surface area contributed by atoms with Crippen LogP contribution < -0.4 is 0 Å². The number of hydrogen-bond donors (Lipinski definition) is 0. The van der Waals surface area contributed by atoms with Gasteiger partial charge in [0.1, 0.15) is 0 Å². The number of rotatable bonds is 3. The van der Waals surface area contributed by atoms with E-state index in [0.717, 1.165) is 25.7 Å². The van der Waals surface area contributed by atoms with Crippen molar-refractivity contribution < 1.29 is 14.5 Å². The van der Waals surface area contributed by atoms with Crippen LogP contribution in [0.1, 0.15) is 32.1 Å². The van der Waals surface area contributed by atoms with Gasteiger partial charge in [0, 0.05) is 20.0 Å². The Bertz CT molecular complexity index is 102. The second-order valence-corrected chi connectivity index (χ2v) is 2.93. The smallest absolute Gasteiger partial charge is 0.201 e. The maximum Gasteiger partial charge on any atom is 0.201 e. The summed E-state index contributed by atoms with van der Waals surface area (Å²) in [5.41, 5.74) is 0. The Morgan fingerprint density at radius 1 is 1.00 bits per heavy atom. The average molecular weight is 160 g/mol. The van der Waals surface area contributed by atoms with E-state index in [-0.39, 0.29) is 0 Å². The second kappa shape index (κ2) is 4.04. The van der Waals surface area contributed by atoms with Crippen molar-refractivity contribution in [3.63, 3.8) is 0 Å². The summed E-state index contributed by atoms with van der Waals surface area (Å²) in [5, 5.41) is 0. The third-order valence-electron chi connectivity index (χ3n) is 2.22. The maximum absolute atomic E-state index is 5.27. The van der Waals surface area contributed by atoms with E-state index in [4.69, 9.17) is 9.62 Å². The van der Waals surface area contributed by atoms with E-state index in [1.165, 1.54) is 13.5 Å². The summed E-state index contributed by atoms with van der Waals surface area (Å²) in [5.74, 6) is -0.451. The highest BCUT2D eigenvalue weighted by Gasteiger charge is 2.33. The van der Waals surface area contributed by atoms with Crippen LogP contribution in [0, 0.1) is 0 Å². The summed E-state index contributed by atoms with van der Waals surface area (Å²) in [6.45, 7) is 0. The lowest BCUT2D eigenvalue weighted by Gasteiger charge is -2.33. The van der Waals surface area contributed by atoms with Crippen molar-refractivity contribution in [1.82, 2.24) is 0 Å². The Balaban J connectivity index is 2.42. The first-order chi connectivity index (χ1) is 5.33. The summed E-state index contributed by atoms with van der Waals surface area (Å²) >= 11 is 0.